The van der Waals surface area contributed by atoms with Crippen LogP contribution in [0.2, 0.25) is 0 Å². The van der Waals surface area contributed by atoms with Crippen LogP contribution in [-0.4, -0.2) is 30.4 Å². The second kappa shape index (κ2) is 9.05. The van der Waals surface area contributed by atoms with Gasteiger partial charge in [0.15, 0.2) is 6.61 Å². The second-order valence-electron chi connectivity index (χ2n) is 5.94. The number of anilines is 1. The van der Waals surface area contributed by atoms with Crippen molar-refractivity contribution < 1.29 is 18.7 Å². The summed E-state index contributed by atoms with van der Waals surface area (Å²) in [5, 5.41) is 7.09. The number of carbonyl (C=O) groups excluding carboxylic acids is 2. The van der Waals surface area contributed by atoms with E-state index in [1.54, 1.807) is 48.9 Å². The number of nitrogens with zero attached hydrogens (tertiary/aromatic N) is 1. The third kappa shape index (κ3) is 5.21. The molecule has 0 atom stereocenters. The Morgan fingerprint density at radius 3 is 2.78 bits per heavy atom. The smallest absolute Gasteiger partial charge is 0.340 e. The Balaban J connectivity index is 1.55. The molecule has 3 aromatic rings. The minimum absolute atomic E-state index is 0.254. The Morgan fingerprint density at radius 1 is 1.19 bits per heavy atom. The van der Waals surface area contributed by atoms with Crippen molar-refractivity contribution in [3.8, 4) is 0 Å². The number of hydrogen-bond donors (Lipinski definition) is 1. The number of esters is 1. The van der Waals surface area contributed by atoms with Crippen LogP contribution in [0.4, 0.5) is 5.69 Å². The summed E-state index contributed by atoms with van der Waals surface area (Å²) in [6, 6.07) is 12.6. The van der Waals surface area contributed by atoms with E-state index < -0.39 is 5.97 Å². The standard InChI is InChI=1S/C20H20N2O4S/c1-22(12-15-8-10-27-14-15)19(23)13-26-20(24)17-6-2-3-7-18(17)21-11-16-5-4-9-25-16/h2-10,14,21H,11-13H2,1H3. The van der Waals surface area contributed by atoms with Crippen LogP contribution < -0.4 is 5.32 Å². The number of para-hydroxylation sites is 1. The molecule has 0 saturated heterocycles. The Kier molecular flexibility index (Phi) is 6.27. The molecule has 2 aromatic heterocycles. The summed E-state index contributed by atoms with van der Waals surface area (Å²) in [6.07, 6.45) is 1.59. The van der Waals surface area contributed by atoms with Gasteiger partial charge in [-0.1, -0.05) is 12.1 Å². The first-order valence-corrected chi connectivity index (χ1v) is 9.35. The summed E-state index contributed by atoms with van der Waals surface area (Å²) in [5.41, 5.74) is 2.05. The molecule has 7 heteroatoms. The van der Waals surface area contributed by atoms with Crippen LogP contribution in [0.5, 0.6) is 0 Å². The minimum atomic E-state index is -0.546. The highest BCUT2D eigenvalue weighted by molar-refractivity contribution is 7.07. The molecule has 1 amide bonds. The third-order valence-corrected chi connectivity index (χ3v) is 4.66. The van der Waals surface area contributed by atoms with Gasteiger partial charge in [-0.25, -0.2) is 4.79 Å². The topological polar surface area (TPSA) is 71.8 Å². The third-order valence-electron chi connectivity index (χ3n) is 3.93. The number of likely N-dealkylation sites (N-methyl/N-ethyl adjacent to an activating group) is 1. The molecule has 1 N–H and O–H groups in total. The van der Waals surface area contributed by atoms with E-state index in [0.29, 0.717) is 24.3 Å². The van der Waals surface area contributed by atoms with Crippen molar-refractivity contribution >= 4 is 28.9 Å². The molecular weight excluding hydrogens is 364 g/mol. The van der Waals surface area contributed by atoms with E-state index in [0.717, 1.165) is 11.3 Å². The number of benzene rings is 1. The van der Waals surface area contributed by atoms with Crippen LogP contribution in [-0.2, 0) is 22.6 Å². The molecule has 0 radical (unpaired) electrons. The summed E-state index contributed by atoms with van der Waals surface area (Å²) in [7, 11) is 1.69. The average molecular weight is 384 g/mol. The second-order valence-corrected chi connectivity index (χ2v) is 6.72. The molecule has 0 aliphatic rings. The molecule has 3 rings (SSSR count). The zero-order valence-corrected chi connectivity index (χ0v) is 15.7. The Labute approximate surface area is 161 Å². The van der Waals surface area contributed by atoms with Gasteiger partial charge in [-0.3, -0.25) is 4.79 Å². The number of ether oxygens (including phenoxy) is 1. The molecule has 0 unspecified atom stereocenters. The minimum Gasteiger partial charge on any atom is -0.467 e. The van der Waals surface area contributed by atoms with E-state index >= 15 is 0 Å². The molecule has 140 valence electrons. The molecule has 6 nitrogen and oxygen atoms in total. The normalized spacial score (nSPS) is 10.4. The SMILES string of the molecule is CN(Cc1ccsc1)C(=O)COC(=O)c1ccccc1NCc1ccco1. The predicted molar refractivity (Wildman–Crippen MR) is 104 cm³/mol. The first kappa shape index (κ1) is 18.7. The number of nitrogens with one attached hydrogen (secondary N) is 1. The number of rotatable bonds is 8. The fourth-order valence-corrected chi connectivity index (χ4v) is 3.13. The van der Waals surface area contributed by atoms with Crippen molar-refractivity contribution in [1.82, 2.24) is 4.90 Å². The average Bonchev–Trinajstić information content (AvgIpc) is 3.38. The van der Waals surface area contributed by atoms with Gasteiger partial charge in [0.1, 0.15) is 5.76 Å². The first-order chi connectivity index (χ1) is 13.1. The van der Waals surface area contributed by atoms with Gasteiger partial charge in [0, 0.05) is 19.3 Å². The molecule has 0 saturated carbocycles. The molecule has 27 heavy (non-hydrogen) atoms. The van der Waals surface area contributed by atoms with Gasteiger partial charge in [-0.15, -0.1) is 0 Å². The van der Waals surface area contributed by atoms with Crippen molar-refractivity contribution in [1.29, 1.82) is 0 Å². The van der Waals surface area contributed by atoms with Gasteiger partial charge >= 0.3 is 5.97 Å². The van der Waals surface area contributed by atoms with Gasteiger partial charge in [0.2, 0.25) is 0 Å². The van der Waals surface area contributed by atoms with Crippen molar-refractivity contribution in [2.24, 2.45) is 0 Å². The van der Waals surface area contributed by atoms with E-state index in [4.69, 9.17) is 9.15 Å². The molecule has 0 spiro atoms. The largest absolute Gasteiger partial charge is 0.467 e. The highest BCUT2D eigenvalue weighted by Gasteiger charge is 2.16. The van der Waals surface area contributed by atoms with E-state index in [-0.39, 0.29) is 12.5 Å². The van der Waals surface area contributed by atoms with Gasteiger partial charge < -0.3 is 19.4 Å². The maximum atomic E-state index is 12.4. The Hall–Kier alpha value is -3.06. The molecule has 0 aliphatic heterocycles. The van der Waals surface area contributed by atoms with Crippen LogP contribution in [0.3, 0.4) is 0 Å². The van der Waals surface area contributed by atoms with Gasteiger partial charge in [-0.05, 0) is 46.7 Å². The number of amides is 1. The zero-order chi connectivity index (χ0) is 19.1. The van der Waals surface area contributed by atoms with E-state index in [1.165, 1.54) is 4.90 Å². The fourth-order valence-electron chi connectivity index (χ4n) is 2.47. The van der Waals surface area contributed by atoms with Crippen LogP contribution >= 0.6 is 11.3 Å². The van der Waals surface area contributed by atoms with Crippen molar-refractivity contribution in [3.05, 3.63) is 76.4 Å². The Bertz CT molecular complexity index is 875. The lowest BCUT2D eigenvalue weighted by molar-refractivity contribution is -0.133. The summed E-state index contributed by atoms with van der Waals surface area (Å²) in [6.45, 7) is 0.632. The highest BCUT2D eigenvalue weighted by Crippen LogP contribution is 2.18. The first-order valence-electron chi connectivity index (χ1n) is 8.41. The lowest BCUT2D eigenvalue weighted by atomic mass is 10.2. The lowest BCUT2D eigenvalue weighted by Crippen LogP contribution is -2.30. The molecular formula is C20H20N2O4S. The van der Waals surface area contributed by atoms with Gasteiger partial charge in [0.05, 0.1) is 18.4 Å². The summed E-state index contributed by atoms with van der Waals surface area (Å²) in [5.74, 6) is -0.0474. The van der Waals surface area contributed by atoms with Crippen LogP contribution in [0.25, 0.3) is 0 Å². The van der Waals surface area contributed by atoms with E-state index in [2.05, 4.69) is 5.32 Å². The predicted octanol–water partition coefficient (Wildman–Crippen LogP) is 3.77. The highest BCUT2D eigenvalue weighted by atomic mass is 32.1. The fraction of sp³-hybridized carbons (Fsp3) is 0.200. The monoisotopic (exact) mass is 384 g/mol. The quantitative estimate of drug-likeness (QED) is 0.599. The maximum absolute atomic E-state index is 12.4. The maximum Gasteiger partial charge on any atom is 0.340 e. The summed E-state index contributed by atoms with van der Waals surface area (Å²) in [4.78, 5) is 26.1. The van der Waals surface area contributed by atoms with Gasteiger partial charge in [0.25, 0.3) is 5.91 Å². The summed E-state index contributed by atoms with van der Waals surface area (Å²) < 4.78 is 10.5. The van der Waals surface area contributed by atoms with Crippen LogP contribution in [0, 0.1) is 0 Å². The van der Waals surface area contributed by atoms with Crippen molar-refractivity contribution in [3.63, 3.8) is 0 Å². The lowest BCUT2D eigenvalue weighted by Gasteiger charge is -2.17. The van der Waals surface area contributed by atoms with E-state index in [9.17, 15) is 9.59 Å². The van der Waals surface area contributed by atoms with E-state index in [1.807, 2.05) is 29.0 Å². The zero-order valence-electron chi connectivity index (χ0n) is 14.9. The number of furan rings is 1. The molecule has 0 aliphatic carbocycles. The Morgan fingerprint density at radius 2 is 2.04 bits per heavy atom. The van der Waals surface area contributed by atoms with Crippen LogP contribution in [0.15, 0.2) is 63.9 Å². The number of carbonyl (C=O) groups is 2. The molecule has 2 heterocycles. The molecule has 0 bridgehead atoms. The molecule has 0 fully saturated rings. The number of hydrogen-bond acceptors (Lipinski definition) is 6. The van der Waals surface area contributed by atoms with Crippen LogP contribution in [0.1, 0.15) is 21.7 Å². The van der Waals surface area contributed by atoms with Gasteiger partial charge in [-0.2, -0.15) is 11.3 Å². The van der Waals surface area contributed by atoms with Crippen molar-refractivity contribution in [2.75, 3.05) is 19.0 Å². The summed E-state index contributed by atoms with van der Waals surface area (Å²) >= 11 is 1.58. The molecule has 1 aromatic carbocycles. The van der Waals surface area contributed by atoms with Crippen molar-refractivity contribution in [2.45, 2.75) is 13.1 Å². The number of thiophene rings is 1.